The Morgan fingerprint density at radius 2 is 2.16 bits per heavy atom. The van der Waals surface area contributed by atoms with Gasteiger partial charge in [0.25, 0.3) is 0 Å². The van der Waals surface area contributed by atoms with Gasteiger partial charge in [-0.15, -0.1) is 0 Å². The first-order valence-corrected chi connectivity index (χ1v) is 8.30. The van der Waals surface area contributed by atoms with Crippen molar-refractivity contribution in [3.63, 3.8) is 0 Å². The average molecular weight is 282 g/mol. The van der Waals surface area contributed by atoms with E-state index in [9.17, 15) is 0 Å². The summed E-state index contributed by atoms with van der Waals surface area (Å²) in [7, 11) is 0. The molecule has 0 aromatic carbocycles. The molecule has 0 atom stereocenters. The van der Waals surface area contributed by atoms with E-state index in [0.717, 1.165) is 18.8 Å². The molecule has 1 fully saturated rings. The monoisotopic (exact) mass is 282 g/mol. The molecule has 19 heavy (non-hydrogen) atoms. The zero-order chi connectivity index (χ0) is 13.7. The Labute approximate surface area is 121 Å². The summed E-state index contributed by atoms with van der Waals surface area (Å²) >= 11 is 2.07. The molecule has 1 aromatic rings. The molecule has 2 heterocycles. The third-order valence-corrected chi connectivity index (χ3v) is 4.37. The lowest BCUT2D eigenvalue weighted by Gasteiger charge is -2.22. The Kier molecular flexibility index (Phi) is 5.37. The molecule has 1 N–H and O–H groups in total. The summed E-state index contributed by atoms with van der Waals surface area (Å²) in [6.07, 6.45) is 3.12. The van der Waals surface area contributed by atoms with E-state index in [1.807, 2.05) is 6.26 Å². The molecule has 4 heteroatoms. The summed E-state index contributed by atoms with van der Waals surface area (Å²) in [5, 5.41) is 3.50. The second-order valence-corrected chi connectivity index (χ2v) is 7.44. The molecular formula is C15H26N2OS. The van der Waals surface area contributed by atoms with Crippen LogP contribution in [0.15, 0.2) is 16.7 Å². The van der Waals surface area contributed by atoms with Gasteiger partial charge in [-0.3, -0.25) is 4.90 Å². The lowest BCUT2D eigenvalue weighted by Crippen LogP contribution is -2.35. The lowest BCUT2D eigenvalue weighted by atomic mass is 10.1. The van der Waals surface area contributed by atoms with Gasteiger partial charge in [0.1, 0.15) is 5.76 Å². The molecule has 1 aromatic heterocycles. The molecule has 0 radical (unpaired) electrons. The molecular weight excluding hydrogens is 256 g/mol. The molecule has 0 saturated carbocycles. The highest BCUT2D eigenvalue weighted by Crippen LogP contribution is 2.17. The minimum atomic E-state index is 0.128. The van der Waals surface area contributed by atoms with Gasteiger partial charge in [0.15, 0.2) is 0 Å². The van der Waals surface area contributed by atoms with Gasteiger partial charge in [-0.05, 0) is 45.6 Å². The molecule has 0 unspecified atom stereocenters. The number of nitrogens with zero attached hydrogens (tertiary/aromatic N) is 1. The second-order valence-electron chi connectivity index (χ2n) is 6.21. The molecule has 2 rings (SSSR count). The van der Waals surface area contributed by atoms with Crippen LogP contribution < -0.4 is 5.32 Å². The van der Waals surface area contributed by atoms with Gasteiger partial charge >= 0.3 is 0 Å². The fraction of sp³-hybridized carbons (Fsp3) is 0.733. The van der Waals surface area contributed by atoms with E-state index >= 15 is 0 Å². The van der Waals surface area contributed by atoms with Crippen LogP contribution in [0.5, 0.6) is 0 Å². The highest BCUT2D eigenvalue weighted by Gasteiger charge is 2.15. The third-order valence-electron chi connectivity index (χ3n) is 3.33. The van der Waals surface area contributed by atoms with Crippen LogP contribution in [0.25, 0.3) is 0 Å². The molecule has 1 aliphatic heterocycles. The minimum Gasteiger partial charge on any atom is -0.468 e. The van der Waals surface area contributed by atoms with Crippen molar-refractivity contribution in [2.24, 2.45) is 0 Å². The second kappa shape index (κ2) is 6.82. The third kappa shape index (κ3) is 5.21. The number of thioether (sulfide) groups is 1. The molecule has 3 nitrogen and oxygen atoms in total. The Morgan fingerprint density at radius 3 is 2.95 bits per heavy atom. The Hall–Kier alpha value is -0.450. The van der Waals surface area contributed by atoms with Crippen molar-refractivity contribution in [2.45, 2.75) is 45.8 Å². The van der Waals surface area contributed by atoms with Crippen molar-refractivity contribution in [3.05, 3.63) is 23.7 Å². The summed E-state index contributed by atoms with van der Waals surface area (Å²) in [5.41, 5.74) is 1.46. The predicted molar refractivity (Wildman–Crippen MR) is 82.5 cm³/mol. The van der Waals surface area contributed by atoms with E-state index in [1.54, 1.807) is 0 Å². The first-order valence-electron chi connectivity index (χ1n) is 7.15. The maximum atomic E-state index is 5.64. The average Bonchev–Trinajstić information content (AvgIpc) is 2.60. The van der Waals surface area contributed by atoms with Crippen molar-refractivity contribution in [1.82, 2.24) is 10.2 Å². The van der Waals surface area contributed by atoms with E-state index < -0.39 is 0 Å². The van der Waals surface area contributed by atoms with Crippen LogP contribution in [0.4, 0.5) is 0 Å². The van der Waals surface area contributed by atoms with Crippen LogP contribution in [0.1, 0.15) is 38.5 Å². The smallest absolute Gasteiger partial charge is 0.122 e. The largest absolute Gasteiger partial charge is 0.468 e. The fourth-order valence-electron chi connectivity index (χ4n) is 2.21. The Morgan fingerprint density at radius 1 is 1.32 bits per heavy atom. The lowest BCUT2D eigenvalue weighted by molar-refractivity contribution is 0.283. The van der Waals surface area contributed by atoms with Gasteiger partial charge in [0, 0.05) is 29.9 Å². The van der Waals surface area contributed by atoms with Crippen molar-refractivity contribution in [1.29, 1.82) is 0 Å². The molecule has 0 spiro atoms. The maximum Gasteiger partial charge on any atom is 0.122 e. The van der Waals surface area contributed by atoms with E-state index in [-0.39, 0.29) is 5.54 Å². The van der Waals surface area contributed by atoms with Crippen LogP contribution in [0.2, 0.25) is 0 Å². The van der Waals surface area contributed by atoms with E-state index in [1.165, 1.54) is 36.6 Å². The molecule has 0 amide bonds. The van der Waals surface area contributed by atoms with E-state index in [4.69, 9.17) is 4.42 Å². The normalized spacial score (nSPS) is 18.5. The number of rotatable bonds is 4. The van der Waals surface area contributed by atoms with Crippen molar-refractivity contribution < 1.29 is 4.42 Å². The number of nitrogens with one attached hydrogen (secondary N) is 1. The van der Waals surface area contributed by atoms with E-state index in [0.29, 0.717) is 0 Å². The predicted octanol–water partition coefficient (Wildman–Crippen LogP) is 3.11. The van der Waals surface area contributed by atoms with Gasteiger partial charge < -0.3 is 9.73 Å². The molecule has 0 bridgehead atoms. The van der Waals surface area contributed by atoms with Crippen LogP contribution >= 0.6 is 11.8 Å². The van der Waals surface area contributed by atoms with Crippen LogP contribution in [-0.4, -0.2) is 35.0 Å². The molecule has 1 aliphatic rings. The number of hydrogen-bond acceptors (Lipinski definition) is 4. The van der Waals surface area contributed by atoms with Gasteiger partial charge in [-0.25, -0.2) is 0 Å². The zero-order valence-electron chi connectivity index (χ0n) is 12.4. The summed E-state index contributed by atoms with van der Waals surface area (Å²) < 4.78 is 5.64. The van der Waals surface area contributed by atoms with Crippen molar-refractivity contribution >= 4 is 11.8 Å². The van der Waals surface area contributed by atoms with Crippen LogP contribution in [0, 0.1) is 0 Å². The highest BCUT2D eigenvalue weighted by atomic mass is 32.2. The summed E-state index contributed by atoms with van der Waals surface area (Å²) in [6.45, 7) is 10.8. The minimum absolute atomic E-state index is 0.128. The first kappa shape index (κ1) is 14.9. The maximum absolute atomic E-state index is 5.64. The first-order chi connectivity index (χ1) is 9.04. The standard InChI is InChI=1S/C15H26N2OS/c1-15(2,3)16-11-14-13(5-8-18-14)12-17-6-4-9-19-10-7-17/h5,8,16H,4,6-7,9-12H2,1-3H3. The van der Waals surface area contributed by atoms with Crippen molar-refractivity contribution in [2.75, 3.05) is 24.6 Å². The van der Waals surface area contributed by atoms with Gasteiger partial charge in [-0.1, -0.05) is 0 Å². The number of hydrogen-bond donors (Lipinski definition) is 1. The molecule has 108 valence electrons. The van der Waals surface area contributed by atoms with Crippen LogP contribution in [0.3, 0.4) is 0 Å². The van der Waals surface area contributed by atoms with Crippen LogP contribution in [-0.2, 0) is 13.1 Å². The zero-order valence-corrected chi connectivity index (χ0v) is 13.2. The number of furan rings is 1. The summed E-state index contributed by atoms with van der Waals surface area (Å²) in [4.78, 5) is 2.55. The summed E-state index contributed by atoms with van der Waals surface area (Å²) in [5.74, 6) is 3.65. The topological polar surface area (TPSA) is 28.4 Å². The van der Waals surface area contributed by atoms with E-state index in [2.05, 4.69) is 48.8 Å². The van der Waals surface area contributed by atoms with Crippen molar-refractivity contribution in [3.8, 4) is 0 Å². The fourth-order valence-corrected chi connectivity index (χ4v) is 3.13. The van der Waals surface area contributed by atoms with Gasteiger partial charge in [0.05, 0.1) is 12.8 Å². The Balaban J connectivity index is 1.91. The van der Waals surface area contributed by atoms with Gasteiger partial charge in [-0.2, -0.15) is 11.8 Å². The quantitative estimate of drug-likeness (QED) is 0.918. The Bertz CT molecular complexity index is 376. The SMILES string of the molecule is CC(C)(C)NCc1occc1CN1CCCSCC1. The highest BCUT2D eigenvalue weighted by molar-refractivity contribution is 7.99. The van der Waals surface area contributed by atoms with Gasteiger partial charge in [0.2, 0.25) is 0 Å². The molecule has 0 aliphatic carbocycles. The summed E-state index contributed by atoms with van der Waals surface area (Å²) in [6, 6.07) is 2.12. The molecule has 1 saturated heterocycles.